The first-order chi connectivity index (χ1) is 14.5. The van der Waals surface area contributed by atoms with E-state index in [2.05, 4.69) is 21.7 Å². The average Bonchev–Trinajstić information content (AvgIpc) is 2.76. The summed E-state index contributed by atoms with van der Waals surface area (Å²) in [6.45, 7) is 0.629. The highest BCUT2D eigenvalue weighted by molar-refractivity contribution is 7.53. The zero-order chi connectivity index (χ0) is 21.0. The first kappa shape index (κ1) is 26.0. The van der Waals surface area contributed by atoms with Gasteiger partial charge in [0, 0.05) is 30.1 Å². The molecule has 0 amide bonds. The highest BCUT2D eigenvalue weighted by atomic mass is 35.5. The molecule has 1 aromatic carbocycles. The Morgan fingerprint density at radius 3 is 2.34 bits per heavy atom. The van der Waals surface area contributed by atoms with E-state index in [1.54, 1.807) is 24.5 Å². The lowest BCUT2D eigenvalue weighted by Crippen LogP contribution is -3.00. The standard InChI is InChI=1S/C24H23N2O3P.2ClH/c27-30(28,29)24(12-5-2-6-13-24)18-23-17-22(21-9-14-25-15-10-21)11-16-26(23)19-20-7-3-1-4-8-20;;/h1-12,14-17H,13,18-19H2,(H-,27,28,29);2*1H. The van der Waals surface area contributed by atoms with Crippen LogP contribution in [0.4, 0.5) is 0 Å². The summed E-state index contributed by atoms with van der Waals surface area (Å²) in [4.78, 5) is 24.5. The summed E-state index contributed by atoms with van der Waals surface area (Å²) in [5.41, 5.74) is 4.01. The number of halogens is 2. The molecule has 0 aliphatic heterocycles. The van der Waals surface area contributed by atoms with Crippen LogP contribution in [0.25, 0.3) is 11.1 Å². The molecule has 32 heavy (non-hydrogen) atoms. The largest absolute Gasteiger partial charge is 1.00 e. The molecule has 0 spiro atoms. The van der Waals surface area contributed by atoms with Crippen molar-refractivity contribution in [1.29, 1.82) is 0 Å². The van der Waals surface area contributed by atoms with Gasteiger partial charge in [0.1, 0.15) is 5.16 Å². The third-order valence-electron chi connectivity index (χ3n) is 5.53. The second kappa shape index (κ2) is 11.0. The van der Waals surface area contributed by atoms with Crippen LogP contribution < -0.4 is 17.0 Å². The Hall–Kier alpha value is -2.27. The molecule has 168 valence electrons. The van der Waals surface area contributed by atoms with Crippen LogP contribution in [-0.2, 0) is 17.5 Å². The highest BCUT2D eigenvalue weighted by Crippen LogP contribution is 2.56. The van der Waals surface area contributed by atoms with Crippen LogP contribution in [0.2, 0.25) is 0 Å². The van der Waals surface area contributed by atoms with Crippen molar-refractivity contribution in [2.24, 2.45) is 0 Å². The average molecular weight is 491 g/mol. The number of rotatable bonds is 6. The first-order valence-electron chi connectivity index (χ1n) is 9.84. The van der Waals surface area contributed by atoms with Crippen molar-refractivity contribution in [2.45, 2.75) is 24.5 Å². The van der Waals surface area contributed by atoms with Crippen LogP contribution in [0.3, 0.4) is 0 Å². The Kier molecular flexibility index (Phi) is 8.97. The van der Waals surface area contributed by atoms with E-state index in [9.17, 15) is 14.4 Å². The number of pyridine rings is 2. The van der Waals surface area contributed by atoms with Gasteiger partial charge in [0.05, 0.1) is 6.42 Å². The fourth-order valence-corrected chi connectivity index (χ4v) is 4.80. The Morgan fingerprint density at radius 1 is 1.00 bits per heavy atom. The second-order valence-electron chi connectivity index (χ2n) is 7.57. The van der Waals surface area contributed by atoms with E-state index in [0.717, 1.165) is 22.4 Å². The van der Waals surface area contributed by atoms with Gasteiger partial charge in [-0.05, 0) is 29.7 Å². The van der Waals surface area contributed by atoms with E-state index in [0.29, 0.717) is 13.0 Å². The Balaban J connectivity index is 0.00000181. The molecule has 8 heteroatoms. The quantitative estimate of drug-likeness (QED) is 0.405. The van der Waals surface area contributed by atoms with Gasteiger partial charge in [-0.3, -0.25) is 9.55 Å². The second-order valence-corrected chi connectivity index (χ2v) is 9.55. The maximum atomic E-state index is 12.5. The molecule has 1 aliphatic carbocycles. The normalized spacial score (nSPS) is 17.3. The zero-order valence-electron chi connectivity index (χ0n) is 17.3. The van der Waals surface area contributed by atoms with Gasteiger partial charge in [-0.1, -0.05) is 54.6 Å². The van der Waals surface area contributed by atoms with Gasteiger partial charge in [0.15, 0.2) is 18.4 Å². The van der Waals surface area contributed by atoms with E-state index in [-0.39, 0.29) is 31.2 Å². The van der Waals surface area contributed by atoms with Crippen molar-refractivity contribution >= 4 is 20.0 Å². The van der Waals surface area contributed by atoms with E-state index in [1.807, 2.05) is 60.8 Å². The van der Waals surface area contributed by atoms with Gasteiger partial charge in [-0.15, -0.1) is 12.4 Å². The van der Waals surface area contributed by atoms with E-state index < -0.39 is 12.8 Å². The Labute approximate surface area is 200 Å². The van der Waals surface area contributed by atoms with Gasteiger partial charge in [-0.25, -0.2) is 0 Å². The molecule has 2 N–H and O–H groups in total. The molecule has 4 rings (SSSR count). The number of aromatic nitrogens is 2. The molecule has 1 unspecified atom stereocenters. The minimum Gasteiger partial charge on any atom is -1.00 e. The van der Waals surface area contributed by atoms with Gasteiger partial charge in [-0.2, -0.15) is 4.57 Å². The summed E-state index contributed by atoms with van der Waals surface area (Å²) in [5.74, 6) is 0. The van der Waals surface area contributed by atoms with Crippen LogP contribution in [-0.4, -0.2) is 19.9 Å². The fourth-order valence-electron chi connectivity index (χ4n) is 3.80. The molecule has 0 radical (unpaired) electrons. The summed E-state index contributed by atoms with van der Waals surface area (Å²) < 4.78 is 14.6. The SMILES string of the molecule is Cl.O=P(O)(O)C1(Cc2cc(-c3ccncc3)cc[n+]2Cc2ccccc2)C=CC=CC1.[Cl-]. The molecular formula is C24H25Cl2N2O3P. The molecule has 0 fully saturated rings. The molecule has 5 nitrogen and oxygen atoms in total. The minimum atomic E-state index is -4.39. The fraction of sp³-hybridized carbons (Fsp3) is 0.167. The number of hydrogen-bond acceptors (Lipinski definition) is 2. The Morgan fingerprint density at radius 2 is 1.72 bits per heavy atom. The summed E-state index contributed by atoms with van der Waals surface area (Å²) >= 11 is 0. The van der Waals surface area contributed by atoms with E-state index >= 15 is 0 Å². The number of hydrogen-bond donors (Lipinski definition) is 2. The predicted molar refractivity (Wildman–Crippen MR) is 124 cm³/mol. The molecular weight excluding hydrogens is 466 g/mol. The number of allylic oxidation sites excluding steroid dienone is 4. The van der Waals surface area contributed by atoms with Crippen LogP contribution in [0.1, 0.15) is 17.7 Å². The molecule has 0 bridgehead atoms. The molecule has 3 aromatic rings. The van der Waals surface area contributed by atoms with E-state index in [4.69, 9.17) is 0 Å². The Bertz CT molecular complexity index is 1130. The summed E-state index contributed by atoms with van der Waals surface area (Å²) in [7, 11) is -4.39. The van der Waals surface area contributed by atoms with Crippen molar-refractivity contribution in [2.75, 3.05) is 0 Å². The van der Waals surface area contributed by atoms with Crippen molar-refractivity contribution < 1.29 is 31.3 Å². The zero-order valence-corrected chi connectivity index (χ0v) is 19.8. The minimum absolute atomic E-state index is 0. The van der Waals surface area contributed by atoms with Crippen LogP contribution in [0.15, 0.2) is 97.5 Å². The smallest absolute Gasteiger partial charge is 0.336 e. The van der Waals surface area contributed by atoms with Crippen molar-refractivity contribution in [1.82, 2.24) is 4.98 Å². The lowest BCUT2D eigenvalue weighted by Gasteiger charge is -2.31. The molecule has 0 saturated carbocycles. The van der Waals surface area contributed by atoms with Gasteiger partial charge < -0.3 is 22.2 Å². The van der Waals surface area contributed by atoms with Crippen molar-refractivity contribution in [3.63, 3.8) is 0 Å². The van der Waals surface area contributed by atoms with Gasteiger partial charge >= 0.3 is 7.60 Å². The molecule has 2 heterocycles. The van der Waals surface area contributed by atoms with Gasteiger partial charge in [0.25, 0.3) is 0 Å². The lowest BCUT2D eigenvalue weighted by molar-refractivity contribution is -0.695. The molecule has 1 atom stereocenters. The molecule has 1 aliphatic rings. The van der Waals surface area contributed by atoms with Crippen molar-refractivity contribution in [3.05, 3.63) is 109 Å². The predicted octanol–water partition coefficient (Wildman–Crippen LogP) is 1.49. The van der Waals surface area contributed by atoms with E-state index in [1.165, 1.54) is 0 Å². The van der Waals surface area contributed by atoms with Gasteiger partial charge in [0.2, 0.25) is 0 Å². The summed E-state index contributed by atoms with van der Waals surface area (Å²) in [6, 6.07) is 18.0. The van der Waals surface area contributed by atoms with Crippen LogP contribution in [0.5, 0.6) is 0 Å². The maximum Gasteiger partial charge on any atom is 0.336 e. The highest BCUT2D eigenvalue weighted by Gasteiger charge is 2.46. The number of nitrogens with zero attached hydrogens (tertiary/aromatic N) is 2. The van der Waals surface area contributed by atoms with Crippen LogP contribution in [0, 0.1) is 0 Å². The topological polar surface area (TPSA) is 74.3 Å². The first-order valence-corrected chi connectivity index (χ1v) is 11.4. The maximum absolute atomic E-state index is 12.5. The summed E-state index contributed by atoms with van der Waals surface area (Å²) in [6.07, 6.45) is 13.1. The third kappa shape index (κ3) is 5.74. The third-order valence-corrected chi connectivity index (χ3v) is 7.18. The molecule has 0 saturated heterocycles. The summed E-state index contributed by atoms with van der Waals surface area (Å²) in [5, 5.41) is -1.24. The lowest BCUT2D eigenvalue weighted by atomic mass is 9.93. The monoisotopic (exact) mass is 490 g/mol. The molecule has 2 aromatic heterocycles. The van der Waals surface area contributed by atoms with Crippen LogP contribution >= 0.6 is 20.0 Å². The number of benzene rings is 1. The van der Waals surface area contributed by atoms with Crippen molar-refractivity contribution in [3.8, 4) is 11.1 Å².